The van der Waals surface area contributed by atoms with Crippen LogP contribution < -0.4 is 5.73 Å². The van der Waals surface area contributed by atoms with Crippen LogP contribution in [0, 0.1) is 11.3 Å². The second-order valence-electron chi connectivity index (χ2n) is 6.20. The Morgan fingerprint density at radius 3 is 2.19 bits per heavy atom. The van der Waals surface area contributed by atoms with Gasteiger partial charge >= 0.3 is 0 Å². The summed E-state index contributed by atoms with van der Waals surface area (Å²) in [6.45, 7) is 5.97. The summed E-state index contributed by atoms with van der Waals surface area (Å²) < 4.78 is 23.9. The van der Waals surface area contributed by atoms with Crippen molar-refractivity contribution in [2.75, 3.05) is 11.5 Å². The molecule has 0 saturated heterocycles. The molecule has 16 heavy (non-hydrogen) atoms. The van der Waals surface area contributed by atoms with Gasteiger partial charge in [-0.05, 0) is 24.2 Å². The molecule has 0 aromatic carbocycles. The fourth-order valence-corrected chi connectivity index (χ4v) is 4.36. The fraction of sp³-hybridized carbons (Fsp3) is 1.00. The highest BCUT2D eigenvalue weighted by atomic mass is 32.2. The molecule has 1 fully saturated rings. The first-order valence-electron chi connectivity index (χ1n) is 6.17. The van der Waals surface area contributed by atoms with Gasteiger partial charge in [0.25, 0.3) is 0 Å². The second-order valence-corrected chi connectivity index (χ2v) is 8.35. The van der Waals surface area contributed by atoms with Crippen LogP contribution in [0.2, 0.25) is 0 Å². The van der Waals surface area contributed by atoms with Crippen molar-refractivity contribution < 1.29 is 8.42 Å². The van der Waals surface area contributed by atoms with Gasteiger partial charge in [0, 0.05) is 6.04 Å². The summed E-state index contributed by atoms with van der Waals surface area (Å²) in [5.41, 5.74) is 5.80. The van der Waals surface area contributed by atoms with E-state index in [1.54, 1.807) is 0 Å². The molecule has 0 aromatic heterocycles. The summed E-state index contributed by atoms with van der Waals surface area (Å²) in [6, 6.07) is -0.265. The third-order valence-corrected chi connectivity index (χ3v) is 5.36. The van der Waals surface area contributed by atoms with Gasteiger partial charge in [-0.2, -0.15) is 0 Å². The summed E-state index contributed by atoms with van der Waals surface area (Å²) in [6.07, 6.45) is 4.52. The maximum absolute atomic E-state index is 12.0. The van der Waals surface area contributed by atoms with Crippen LogP contribution >= 0.6 is 0 Å². The monoisotopic (exact) mass is 247 g/mol. The van der Waals surface area contributed by atoms with E-state index in [0.29, 0.717) is 11.7 Å². The van der Waals surface area contributed by atoms with Crippen LogP contribution in [0.25, 0.3) is 0 Å². The number of nitrogens with two attached hydrogens (primary N) is 1. The third-order valence-electron chi connectivity index (χ3n) is 3.51. The molecule has 1 rings (SSSR count). The summed E-state index contributed by atoms with van der Waals surface area (Å²) in [7, 11) is -2.97. The molecule has 1 aliphatic rings. The van der Waals surface area contributed by atoms with Crippen LogP contribution in [0.3, 0.4) is 0 Å². The highest BCUT2D eigenvalue weighted by Crippen LogP contribution is 2.27. The van der Waals surface area contributed by atoms with Gasteiger partial charge in [-0.1, -0.05) is 33.6 Å². The normalized spacial score (nSPS) is 21.2. The van der Waals surface area contributed by atoms with Gasteiger partial charge in [0.1, 0.15) is 0 Å². The molecule has 0 aliphatic heterocycles. The van der Waals surface area contributed by atoms with Crippen molar-refractivity contribution in [3.63, 3.8) is 0 Å². The number of hydrogen-bond donors (Lipinski definition) is 1. The Morgan fingerprint density at radius 1 is 1.25 bits per heavy atom. The first kappa shape index (κ1) is 14.0. The average Bonchev–Trinajstić information content (AvgIpc) is 2.52. The molecule has 0 heterocycles. The second kappa shape index (κ2) is 5.05. The van der Waals surface area contributed by atoms with Crippen molar-refractivity contribution in [1.29, 1.82) is 0 Å². The Morgan fingerprint density at radius 2 is 1.75 bits per heavy atom. The molecule has 2 N–H and O–H groups in total. The smallest absolute Gasteiger partial charge is 0.152 e. The van der Waals surface area contributed by atoms with Crippen molar-refractivity contribution in [3.05, 3.63) is 0 Å². The maximum atomic E-state index is 12.0. The van der Waals surface area contributed by atoms with Gasteiger partial charge in [-0.25, -0.2) is 8.42 Å². The largest absolute Gasteiger partial charge is 0.326 e. The topological polar surface area (TPSA) is 60.2 Å². The molecule has 4 heteroatoms. The van der Waals surface area contributed by atoms with E-state index in [2.05, 4.69) is 0 Å². The Kier molecular flexibility index (Phi) is 4.41. The molecule has 0 bridgehead atoms. The van der Waals surface area contributed by atoms with Crippen LogP contribution in [0.1, 0.15) is 46.5 Å². The minimum Gasteiger partial charge on any atom is -0.326 e. The Hall–Kier alpha value is -0.0900. The van der Waals surface area contributed by atoms with Gasteiger partial charge in [0.15, 0.2) is 9.84 Å². The predicted octanol–water partition coefficient (Wildman–Crippen LogP) is 1.96. The number of rotatable bonds is 4. The van der Waals surface area contributed by atoms with E-state index in [-0.39, 0.29) is 17.2 Å². The molecule has 96 valence electrons. The summed E-state index contributed by atoms with van der Waals surface area (Å²) in [5, 5.41) is 0. The lowest BCUT2D eigenvalue weighted by Gasteiger charge is -2.27. The molecule has 3 nitrogen and oxygen atoms in total. The SMILES string of the molecule is CC(C)(C)C(N)CS(=O)(=O)CC1CCCC1. The number of hydrogen-bond acceptors (Lipinski definition) is 3. The predicted molar refractivity (Wildman–Crippen MR) is 68.0 cm³/mol. The minimum absolute atomic E-state index is 0.132. The minimum atomic E-state index is -2.97. The van der Waals surface area contributed by atoms with Crippen LogP contribution in [-0.4, -0.2) is 26.0 Å². The summed E-state index contributed by atoms with van der Waals surface area (Å²) in [5.74, 6) is 0.862. The van der Waals surface area contributed by atoms with E-state index < -0.39 is 9.84 Å². The van der Waals surface area contributed by atoms with E-state index in [1.807, 2.05) is 20.8 Å². The zero-order valence-electron chi connectivity index (χ0n) is 10.7. The molecule has 0 amide bonds. The van der Waals surface area contributed by atoms with E-state index in [0.717, 1.165) is 12.8 Å². The van der Waals surface area contributed by atoms with Crippen LogP contribution in [0.15, 0.2) is 0 Å². The highest BCUT2D eigenvalue weighted by molar-refractivity contribution is 7.91. The molecule has 1 aliphatic carbocycles. The van der Waals surface area contributed by atoms with Crippen molar-refractivity contribution >= 4 is 9.84 Å². The lowest BCUT2D eigenvalue weighted by molar-refractivity contribution is 0.340. The van der Waals surface area contributed by atoms with E-state index in [4.69, 9.17) is 5.73 Å². The maximum Gasteiger partial charge on any atom is 0.152 e. The Labute approximate surface area is 99.7 Å². The molecular weight excluding hydrogens is 222 g/mol. The molecule has 1 saturated carbocycles. The molecule has 0 radical (unpaired) electrons. The Bertz CT molecular complexity index is 310. The third kappa shape index (κ3) is 4.42. The first-order chi connectivity index (χ1) is 7.21. The molecular formula is C12H25NO2S. The Balaban J connectivity index is 2.51. The molecule has 1 unspecified atom stereocenters. The van der Waals surface area contributed by atoms with Crippen molar-refractivity contribution in [2.24, 2.45) is 17.1 Å². The van der Waals surface area contributed by atoms with Gasteiger partial charge in [0.2, 0.25) is 0 Å². The first-order valence-corrected chi connectivity index (χ1v) is 7.99. The average molecular weight is 247 g/mol. The fourth-order valence-electron chi connectivity index (χ4n) is 2.13. The lowest BCUT2D eigenvalue weighted by Crippen LogP contribution is -2.42. The van der Waals surface area contributed by atoms with Gasteiger partial charge in [-0.3, -0.25) is 0 Å². The van der Waals surface area contributed by atoms with E-state index >= 15 is 0 Å². The van der Waals surface area contributed by atoms with Crippen molar-refractivity contribution in [1.82, 2.24) is 0 Å². The number of sulfone groups is 1. The quantitative estimate of drug-likeness (QED) is 0.826. The van der Waals surface area contributed by atoms with E-state index in [1.165, 1.54) is 12.8 Å². The standard InChI is InChI=1S/C12H25NO2S/c1-12(2,3)11(13)9-16(14,15)8-10-6-4-5-7-10/h10-11H,4-9,13H2,1-3H3. The van der Waals surface area contributed by atoms with Crippen LogP contribution in [0.5, 0.6) is 0 Å². The van der Waals surface area contributed by atoms with Gasteiger partial charge in [-0.15, -0.1) is 0 Å². The van der Waals surface area contributed by atoms with Gasteiger partial charge in [0.05, 0.1) is 11.5 Å². The highest BCUT2D eigenvalue weighted by Gasteiger charge is 2.29. The summed E-state index contributed by atoms with van der Waals surface area (Å²) >= 11 is 0. The van der Waals surface area contributed by atoms with E-state index in [9.17, 15) is 8.42 Å². The van der Waals surface area contributed by atoms with Crippen LogP contribution in [0.4, 0.5) is 0 Å². The molecule has 0 spiro atoms. The van der Waals surface area contributed by atoms with Crippen molar-refractivity contribution in [3.8, 4) is 0 Å². The lowest BCUT2D eigenvalue weighted by atomic mass is 9.89. The van der Waals surface area contributed by atoms with Crippen molar-refractivity contribution in [2.45, 2.75) is 52.5 Å². The van der Waals surface area contributed by atoms with Gasteiger partial charge < -0.3 is 5.73 Å². The molecule has 1 atom stereocenters. The van der Waals surface area contributed by atoms with Crippen LogP contribution in [-0.2, 0) is 9.84 Å². The molecule has 0 aromatic rings. The zero-order valence-corrected chi connectivity index (χ0v) is 11.5. The summed E-state index contributed by atoms with van der Waals surface area (Å²) in [4.78, 5) is 0. The zero-order chi connectivity index (χ0) is 12.4.